The summed E-state index contributed by atoms with van der Waals surface area (Å²) in [5.74, 6) is -0.155. The Bertz CT molecular complexity index is 650. The van der Waals surface area contributed by atoms with Crippen molar-refractivity contribution in [2.24, 2.45) is 5.92 Å². The first-order valence-corrected chi connectivity index (χ1v) is 7.47. The molecular formula is C16H21N5O2. The van der Waals surface area contributed by atoms with E-state index in [2.05, 4.69) is 15.4 Å². The standard InChI is InChI=1S/C16H21N5O2/c1-12(2)15(22)18-8-9-20(3)16(23)13-4-6-14(7-5-13)21-11-17-10-19-21/h4-7,10-12H,8-9H2,1-3H3,(H,18,22). The molecule has 23 heavy (non-hydrogen) atoms. The molecule has 0 saturated heterocycles. The zero-order valence-electron chi connectivity index (χ0n) is 13.6. The number of carbonyl (C=O) groups excluding carboxylic acids is 2. The summed E-state index contributed by atoms with van der Waals surface area (Å²) in [6, 6.07) is 7.14. The van der Waals surface area contributed by atoms with Crippen LogP contribution in [0.15, 0.2) is 36.9 Å². The summed E-state index contributed by atoms with van der Waals surface area (Å²) in [5.41, 5.74) is 1.43. The molecule has 1 aromatic heterocycles. The minimum Gasteiger partial charge on any atom is -0.354 e. The molecular weight excluding hydrogens is 294 g/mol. The van der Waals surface area contributed by atoms with E-state index in [0.29, 0.717) is 18.7 Å². The lowest BCUT2D eigenvalue weighted by molar-refractivity contribution is -0.124. The lowest BCUT2D eigenvalue weighted by Crippen LogP contribution is -2.37. The second kappa shape index (κ2) is 7.53. The minimum absolute atomic E-state index is 0.0111. The largest absolute Gasteiger partial charge is 0.354 e. The van der Waals surface area contributed by atoms with Gasteiger partial charge in [-0.1, -0.05) is 13.8 Å². The maximum absolute atomic E-state index is 12.3. The third-order valence-corrected chi connectivity index (χ3v) is 3.42. The number of benzene rings is 1. The van der Waals surface area contributed by atoms with E-state index in [9.17, 15) is 9.59 Å². The van der Waals surface area contributed by atoms with Gasteiger partial charge in [0.2, 0.25) is 5.91 Å². The molecule has 2 rings (SSSR count). The summed E-state index contributed by atoms with van der Waals surface area (Å²) in [7, 11) is 1.72. The highest BCUT2D eigenvalue weighted by molar-refractivity contribution is 5.94. The molecule has 1 heterocycles. The highest BCUT2D eigenvalue weighted by Gasteiger charge is 2.12. The van der Waals surface area contributed by atoms with Crippen molar-refractivity contribution in [2.75, 3.05) is 20.1 Å². The van der Waals surface area contributed by atoms with Gasteiger partial charge in [-0.3, -0.25) is 9.59 Å². The van der Waals surface area contributed by atoms with E-state index in [1.54, 1.807) is 35.1 Å². The van der Waals surface area contributed by atoms with E-state index in [1.165, 1.54) is 6.33 Å². The van der Waals surface area contributed by atoms with E-state index in [4.69, 9.17) is 0 Å². The van der Waals surface area contributed by atoms with Gasteiger partial charge >= 0.3 is 0 Å². The summed E-state index contributed by atoms with van der Waals surface area (Å²) in [6.45, 7) is 4.57. The predicted molar refractivity (Wildman–Crippen MR) is 86.2 cm³/mol. The molecule has 2 amide bonds. The van der Waals surface area contributed by atoms with Crippen LogP contribution >= 0.6 is 0 Å². The molecule has 0 unspecified atom stereocenters. The van der Waals surface area contributed by atoms with Crippen LogP contribution < -0.4 is 5.32 Å². The van der Waals surface area contributed by atoms with Crippen molar-refractivity contribution in [3.63, 3.8) is 0 Å². The number of rotatable bonds is 6. The number of nitrogens with zero attached hydrogens (tertiary/aromatic N) is 4. The van der Waals surface area contributed by atoms with E-state index in [1.807, 2.05) is 26.0 Å². The lowest BCUT2D eigenvalue weighted by atomic mass is 10.2. The van der Waals surface area contributed by atoms with Crippen LogP contribution in [0.5, 0.6) is 0 Å². The van der Waals surface area contributed by atoms with Crippen molar-refractivity contribution in [1.29, 1.82) is 0 Å². The zero-order chi connectivity index (χ0) is 16.8. The number of hydrogen-bond acceptors (Lipinski definition) is 4. The van der Waals surface area contributed by atoms with Crippen molar-refractivity contribution in [3.05, 3.63) is 42.5 Å². The van der Waals surface area contributed by atoms with Gasteiger partial charge in [0, 0.05) is 31.6 Å². The fourth-order valence-corrected chi connectivity index (χ4v) is 1.97. The van der Waals surface area contributed by atoms with Crippen LogP contribution in [-0.4, -0.2) is 51.6 Å². The normalized spacial score (nSPS) is 10.6. The molecule has 1 N–H and O–H groups in total. The molecule has 7 heteroatoms. The molecule has 0 aliphatic heterocycles. The van der Waals surface area contributed by atoms with E-state index < -0.39 is 0 Å². The Morgan fingerprint density at radius 1 is 1.26 bits per heavy atom. The van der Waals surface area contributed by atoms with Gasteiger partial charge in [0.15, 0.2) is 0 Å². The molecule has 122 valence electrons. The summed E-state index contributed by atoms with van der Waals surface area (Å²) in [6.07, 6.45) is 3.05. The van der Waals surface area contributed by atoms with Gasteiger partial charge in [0.1, 0.15) is 12.7 Å². The first-order chi connectivity index (χ1) is 11.0. The minimum atomic E-state index is -0.0889. The Morgan fingerprint density at radius 2 is 1.96 bits per heavy atom. The molecule has 0 spiro atoms. The van der Waals surface area contributed by atoms with Crippen molar-refractivity contribution >= 4 is 11.8 Å². The summed E-state index contributed by atoms with van der Waals surface area (Å²) < 4.78 is 1.62. The Balaban J connectivity index is 1.90. The molecule has 0 aliphatic rings. The quantitative estimate of drug-likeness (QED) is 0.866. The Hall–Kier alpha value is -2.70. The molecule has 0 radical (unpaired) electrons. The Kier molecular flexibility index (Phi) is 5.46. The van der Waals surface area contributed by atoms with Crippen molar-refractivity contribution in [2.45, 2.75) is 13.8 Å². The van der Waals surface area contributed by atoms with Crippen molar-refractivity contribution in [1.82, 2.24) is 25.0 Å². The molecule has 7 nitrogen and oxygen atoms in total. The maximum atomic E-state index is 12.3. The maximum Gasteiger partial charge on any atom is 0.253 e. The average molecular weight is 315 g/mol. The third kappa shape index (κ3) is 4.38. The molecule has 2 aromatic rings. The van der Waals surface area contributed by atoms with Gasteiger partial charge in [-0.25, -0.2) is 9.67 Å². The monoisotopic (exact) mass is 315 g/mol. The van der Waals surface area contributed by atoms with Crippen LogP contribution in [0, 0.1) is 5.92 Å². The van der Waals surface area contributed by atoms with Gasteiger partial charge in [-0.05, 0) is 24.3 Å². The second-order valence-corrected chi connectivity index (χ2v) is 5.56. The molecule has 0 saturated carbocycles. The molecule has 0 bridgehead atoms. The van der Waals surface area contributed by atoms with Crippen molar-refractivity contribution < 1.29 is 9.59 Å². The number of carbonyl (C=O) groups is 2. The van der Waals surface area contributed by atoms with Crippen LogP contribution in [0.2, 0.25) is 0 Å². The van der Waals surface area contributed by atoms with E-state index in [0.717, 1.165) is 5.69 Å². The fourth-order valence-electron chi connectivity index (χ4n) is 1.97. The van der Waals surface area contributed by atoms with Gasteiger partial charge in [0.25, 0.3) is 5.91 Å². The average Bonchev–Trinajstić information content (AvgIpc) is 3.08. The van der Waals surface area contributed by atoms with Crippen molar-refractivity contribution in [3.8, 4) is 5.69 Å². The first-order valence-electron chi connectivity index (χ1n) is 7.47. The zero-order valence-corrected chi connectivity index (χ0v) is 13.6. The number of amides is 2. The van der Waals surface area contributed by atoms with Crippen LogP contribution in [0.1, 0.15) is 24.2 Å². The van der Waals surface area contributed by atoms with Crippen LogP contribution in [-0.2, 0) is 4.79 Å². The summed E-state index contributed by atoms with van der Waals surface area (Å²) >= 11 is 0. The SMILES string of the molecule is CC(C)C(=O)NCCN(C)C(=O)c1ccc(-n2cncn2)cc1. The van der Waals surface area contributed by atoms with E-state index in [-0.39, 0.29) is 17.7 Å². The number of likely N-dealkylation sites (N-methyl/N-ethyl adjacent to an activating group) is 1. The molecule has 0 fully saturated rings. The Labute approximate surface area is 135 Å². The molecule has 0 aliphatic carbocycles. The Morgan fingerprint density at radius 3 is 2.52 bits per heavy atom. The van der Waals surface area contributed by atoms with Crippen LogP contribution in [0.3, 0.4) is 0 Å². The van der Waals surface area contributed by atoms with Gasteiger partial charge < -0.3 is 10.2 Å². The number of aromatic nitrogens is 3. The predicted octanol–water partition coefficient (Wildman–Crippen LogP) is 1.11. The summed E-state index contributed by atoms with van der Waals surface area (Å²) in [4.78, 5) is 29.3. The van der Waals surface area contributed by atoms with Gasteiger partial charge in [-0.2, -0.15) is 5.10 Å². The van der Waals surface area contributed by atoms with Gasteiger partial charge in [0.05, 0.1) is 5.69 Å². The number of hydrogen-bond donors (Lipinski definition) is 1. The lowest BCUT2D eigenvalue weighted by Gasteiger charge is -2.18. The topological polar surface area (TPSA) is 80.1 Å². The molecule has 0 atom stereocenters. The first kappa shape index (κ1) is 16.7. The van der Waals surface area contributed by atoms with E-state index >= 15 is 0 Å². The highest BCUT2D eigenvalue weighted by atomic mass is 16.2. The molecule has 1 aromatic carbocycles. The highest BCUT2D eigenvalue weighted by Crippen LogP contribution is 2.09. The fraction of sp³-hybridized carbons (Fsp3) is 0.375. The van der Waals surface area contributed by atoms with Crippen LogP contribution in [0.4, 0.5) is 0 Å². The second-order valence-electron chi connectivity index (χ2n) is 5.56. The summed E-state index contributed by atoms with van der Waals surface area (Å²) in [5, 5.41) is 6.83. The smallest absolute Gasteiger partial charge is 0.253 e. The third-order valence-electron chi connectivity index (χ3n) is 3.42. The van der Waals surface area contributed by atoms with Crippen LogP contribution in [0.25, 0.3) is 5.69 Å². The van der Waals surface area contributed by atoms with Gasteiger partial charge in [-0.15, -0.1) is 0 Å². The number of nitrogens with one attached hydrogen (secondary N) is 1.